The molecule has 1 aromatic rings. The molecular weight excluding hydrogens is 222 g/mol. The first kappa shape index (κ1) is 13.5. The van der Waals surface area contributed by atoms with E-state index in [1.165, 1.54) is 5.56 Å². The lowest BCUT2D eigenvalue weighted by molar-refractivity contribution is 0.144. The first-order valence-corrected chi connectivity index (χ1v) is 6.18. The van der Waals surface area contributed by atoms with Crippen molar-refractivity contribution >= 4 is 11.6 Å². The summed E-state index contributed by atoms with van der Waals surface area (Å²) in [7, 11) is 0. The van der Waals surface area contributed by atoms with Crippen LogP contribution in [0.25, 0.3) is 0 Å². The Labute approximate surface area is 103 Å². The molecule has 90 valence electrons. The Morgan fingerprint density at radius 2 is 2.25 bits per heavy atom. The first-order chi connectivity index (χ1) is 7.74. The van der Waals surface area contributed by atoms with Gasteiger partial charge in [-0.15, -0.1) is 0 Å². The van der Waals surface area contributed by atoms with Crippen molar-refractivity contribution in [3.8, 4) is 0 Å². The van der Waals surface area contributed by atoms with Crippen LogP contribution < -0.4 is 5.32 Å². The maximum absolute atomic E-state index is 5.94. The van der Waals surface area contributed by atoms with Gasteiger partial charge in [-0.2, -0.15) is 0 Å². The van der Waals surface area contributed by atoms with E-state index in [4.69, 9.17) is 16.3 Å². The second-order valence-electron chi connectivity index (χ2n) is 3.78. The number of hydrogen-bond acceptors (Lipinski definition) is 2. The fourth-order valence-corrected chi connectivity index (χ4v) is 1.73. The zero-order valence-corrected chi connectivity index (χ0v) is 10.8. The van der Waals surface area contributed by atoms with Crippen LogP contribution >= 0.6 is 11.6 Å². The topological polar surface area (TPSA) is 21.3 Å². The first-order valence-electron chi connectivity index (χ1n) is 5.80. The Bertz CT molecular complexity index is 304. The van der Waals surface area contributed by atoms with Crippen LogP contribution in [0.15, 0.2) is 24.3 Å². The third kappa shape index (κ3) is 4.97. The zero-order chi connectivity index (χ0) is 11.8. The SMILES string of the molecule is CCOCCCN[C@@H](C)c1cccc(Cl)c1. The van der Waals surface area contributed by atoms with Gasteiger partial charge in [0.25, 0.3) is 0 Å². The standard InChI is InChI=1S/C13H20ClNO/c1-3-16-9-5-8-15-11(2)12-6-4-7-13(14)10-12/h4,6-7,10-11,15H,3,5,8-9H2,1-2H3/t11-/m0/s1. The summed E-state index contributed by atoms with van der Waals surface area (Å²) in [6, 6.07) is 8.30. The summed E-state index contributed by atoms with van der Waals surface area (Å²) in [5, 5.41) is 4.24. The summed E-state index contributed by atoms with van der Waals surface area (Å²) in [6.07, 6.45) is 1.04. The van der Waals surface area contributed by atoms with Crippen LogP contribution in [-0.4, -0.2) is 19.8 Å². The third-order valence-corrected chi connectivity index (χ3v) is 2.70. The average molecular weight is 242 g/mol. The monoisotopic (exact) mass is 241 g/mol. The van der Waals surface area contributed by atoms with Gasteiger partial charge in [0, 0.05) is 24.3 Å². The molecule has 1 atom stereocenters. The van der Waals surface area contributed by atoms with Gasteiger partial charge in [-0.3, -0.25) is 0 Å². The van der Waals surface area contributed by atoms with Crippen molar-refractivity contribution in [1.29, 1.82) is 0 Å². The maximum Gasteiger partial charge on any atom is 0.0477 e. The van der Waals surface area contributed by atoms with Crippen molar-refractivity contribution in [2.75, 3.05) is 19.8 Å². The second kappa shape index (κ2) is 7.66. The lowest BCUT2D eigenvalue weighted by Crippen LogP contribution is -2.20. The number of halogens is 1. The van der Waals surface area contributed by atoms with E-state index in [0.29, 0.717) is 6.04 Å². The summed E-state index contributed by atoms with van der Waals surface area (Å²) < 4.78 is 5.28. The Kier molecular flexibility index (Phi) is 6.46. The molecule has 1 aromatic carbocycles. The van der Waals surface area contributed by atoms with E-state index >= 15 is 0 Å². The number of hydrogen-bond donors (Lipinski definition) is 1. The van der Waals surface area contributed by atoms with E-state index in [0.717, 1.165) is 31.2 Å². The molecule has 0 heterocycles. The summed E-state index contributed by atoms with van der Waals surface area (Å²) in [5.41, 5.74) is 1.23. The van der Waals surface area contributed by atoms with Gasteiger partial charge in [0.15, 0.2) is 0 Å². The molecule has 0 bridgehead atoms. The molecule has 0 spiro atoms. The van der Waals surface area contributed by atoms with Gasteiger partial charge in [0.05, 0.1) is 0 Å². The fraction of sp³-hybridized carbons (Fsp3) is 0.538. The molecule has 0 saturated heterocycles. The molecule has 1 N–H and O–H groups in total. The smallest absolute Gasteiger partial charge is 0.0477 e. The Balaban J connectivity index is 2.27. The minimum atomic E-state index is 0.334. The molecular formula is C13H20ClNO. The fourth-order valence-electron chi connectivity index (χ4n) is 1.53. The van der Waals surface area contributed by atoms with E-state index in [-0.39, 0.29) is 0 Å². The van der Waals surface area contributed by atoms with Gasteiger partial charge in [-0.05, 0) is 44.5 Å². The molecule has 0 radical (unpaired) electrons. The highest BCUT2D eigenvalue weighted by molar-refractivity contribution is 6.30. The van der Waals surface area contributed by atoms with Gasteiger partial charge < -0.3 is 10.1 Å². The quantitative estimate of drug-likeness (QED) is 0.739. The molecule has 0 unspecified atom stereocenters. The number of ether oxygens (including phenoxy) is 1. The van der Waals surface area contributed by atoms with E-state index < -0.39 is 0 Å². The van der Waals surface area contributed by atoms with E-state index in [9.17, 15) is 0 Å². The molecule has 0 aliphatic rings. The lowest BCUT2D eigenvalue weighted by Gasteiger charge is -2.14. The number of rotatable bonds is 7. The van der Waals surface area contributed by atoms with Crippen molar-refractivity contribution in [3.63, 3.8) is 0 Å². The van der Waals surface area contributed by atoms with Crippen LogP contribution in [0.2, 0.25) is 5.02 Å². The summed E-state index contributed by atoms with van der Waals surface area (Å²) >= 11 is 5.94. The average Bonchev–Trinajstić information content (AvgIpc) is 2.28. The Hall–Kier alpha value is -0.570. The van der Waals surface area contributed by atoms with Gasteiger partial charge in [0.1, 0.15) is 0 Å². The van der Waals surface area contributed by atoms with Gasteiger partial charge in [0.2, 0.25) is 0 Å². The number of nitrogens with one attached hydrogen (secondary N) is 1. The van der Waals surface area contributed by atoms with Crippen molar-refractivity contribution < 1.29 is 4.74 Å². The molecule has 3 heteroatoms. The molecule has 1 rings (SSSR count). The zero-order valence-electron chi connectivity index (χ0n) is 10.0. The third-order valence-electron chi connectivity index (χ3n) is 2.47. The van der Waals surface area contributed by atoms with Crippen LogP contribution in [0.3, 0.4) is 0 Å². The van der Waals surface area contributed by atoms with Crippen LogP contribution in [0.5, 0.6) is 0 Å². The van der Waals surface area contributed by atoms with E-state index in [2.05, 4.69) is 18.3 Å². The summed E-state index contributed by atoms with van der Waals surface area (Å²) in [6.45, 7) is 6.75. The molecule has 0 aromatic heterocycles. The summed E-state index contributed by atoms with van der Waals surface area (Å²) in [5.74, 6) is 0. The van der Waals surface area contributed by atoms with Crippen LogP contribution in [-0.2, 0) is 4.74 Å². The highest BCUT2D eigenvalue weighted by Crippen LogP contribution is 2.16. The highest BCUT2D eigenvalue weighted by atomic mass is 35.5. The lowest BCUT2D eigenvalue weighted by atomic mass is 10.1. The predicted molar refractivity (Wildman–Crippen MR) is 69.0 cm³/mol. The van der Waals surface area contributed by atoms with Crippen molar-refractivity contribution in [2.45, 2.75) is 26.3 Å². The van der Waals surface area contributed by atoms with E-state index in [1.807, 2.05) is 25.1 Å². The minimum absolute atomic E-state index is 0.334. The number of benzene rings is 1. The summed E-state index contributed by atoms with van der Waals surface area (Å²) in [4.78, 5) is 0. The van der Waals surface area contributed by atoms with Crippen molar-refractivity contribution in [2.24, 2.45) is 0 Å². The molecule has 0 aliphatic heterocycles. The van der Waals surface area contributed by atoms with Crippen LogP contribution in [0, 0.1) is 0 Å². The minimum Gasteiger partial charge on any atom is -0.382 e. The van der Waals surface area contributed by atoms with Gasteiger partial charge in [-0.25, -0.2) is 0 Å². The predicted octanol–water partition coefficient (Wildman–Crippen LogP) is 3.42. The normalized spacial score (nSPS) is 12.7. The molecule has 2 nitrogen and oxygen atoms in total. The molecule has 0 aliphatic carbocycles. The second-order valence-corrected chi connectivity index (χ2v) is 4.22. The van der Waals surface area contributed by atoms with E-state index in [1.54, 1.807) is 0 Å². The van der Waals surface area contributed by atoms with Crippen molar-refractivity contribution in [1.82, 2.24) is 5.32 Å². The Morgan fingerprint density at radius 3 is 2.94 bits per heavy atom. The van der Waals surface area contributed by atoms with Crippen LogP contribution in [0.4, 0.5) is 0 Å². The van der Waals surface area contributed by atoms with Gasteiger partial charge >= 0.3 is 0 Å². The molecule has 0 fully saturated rings. The van der Waals surface area contributed by atoms with Crippen molar-refractivity contribution in [3.05, 3.63) is 34.9 Å². The van der Waals surface area contributed by atoms with Gasteiger partial charge in [-0.1, -0.05) is 23.7 Å². The molecule has 0 saturated carbocycles. The molecule has 0 amide bonds. The maximum atomic E-state index is 5.94. The largest absolute Gasteiger partial charge is 0.382 e. The highest BCUT2D eigenvalue weighted by Gasteiger charge is 2.04. The van der Waals surface area contributed by atoms with Crippen LogP contribution in [0.1, 0.15) is 31.9 Å². The molecule has 16 heavy (non-hydrogen) atoms. The Morgan fingerprint density at radius 1 is 1.44 bits per heavy atom.